The van der Waals surface area contributed by atoms with Gasteiger partial charge in [0.15, 0.2) is 11.5 Å². The van der Waals surface area contributed by atoms with Crippen LogP contribution in [0.4, 0.5) is 10.2 Å². The molecule has 0 atom stereocenters. The smallest absolute Gasteiger partial charge is 0.269 e. The third-order valence-electron chi connectivity index (χ3n) is 4.79. The highest BCUT2D eigenvalue weighted by molar-refractivity contribution is 5.60. The Morgan fingerprint density at radius 3 is 2.66 bits per heavy atom. The van der Waals surface area contributed by atoms with Gasteiger partial charge in [-0.05, 0) is 42.7 Å². The van der Waals surface area contributed by atoms with Crippen LogP contribution in [-0.2, 0) is 19.4 Å². The molecule has 0 fully saturated rings. The van der Waals surface area contributed by atoms with E-state index in [1.165, 1.54) is 10.6 Å². The third kappa shape index (κ3) is 3.46. The Bertz CT molecular complexity index is 1230. The average molecular weight is 393 g/mol. The van der Waals surface area contributed by atoms with Crippen molar-refractivity contribution in [3.05, 3.63) is 69.4 Å². The number of fused-ring (bicyclic) bond motifs is 1. The van der Waals surface area contributed by atoms with Crippen molar-refractivity contribution in [2.75, 3.05) is 5.32 Å². The van der Waals surface area contributed by atoms with Gasteiger partial charge in [-0.2, -0.15) is 9.61 Å². The molecule has 9 heteroatoms. The Balaban J connectivity index is 1.68. The van der Waals surface area contributed by atoms with E-state index in [1.54, 1.807) is 30.3 Å². The number of anilines is 1. The van der Waals surface area contributed by atoms with E-state index in [-0.39, 0.29) is 5.56 Å². The van der Waals surface area contributed by atoms with Gasteiger partial charge in [-0.1, -0.05) is 26.0 Å². The standard InChI is InChI=1S/C20H20FN7O/c1-3-12-14(20(29)26-23-16(12)4-2)11-22-17-9-10-18-24-25-19(28(18)27-17)13-7-5-6-8-15(13)21/h5-10H,3-4,11H2,1-2H3,(H,22,27)(H,26,29). The number of hydrogen-bond donors (Lipinski definition) is 2. The van der Waals surface area contributed by atoms with Crippen molar-refractivity contribution in [1.82, 2.24) is 30.0 Å². The van der Waals surface area contributed by atoms with Gasteiger partial charge in [-0.15, -0.1) is 15.3 Å². The highest BCUT2D eigenvalue weighted by atomic mass is 19.1. The zero-order chi connectivity index (χ0) is 20.4. The normalized spacial score (nSPS) is 11.1. The summed E-state index contributed by atoms with van der Waals surface area (Å²) in [5.74, 6) is 0.433. The summed E-state index contributed by atoms with van der Waals surface area (Å²) in [5.41, 5.74) is 3.06. The van der Waals surface area contributed by atoms with Gasteiger partial charge in [0.1, 0.15) is 11.6 Å². The highest BCUT2D eigenvalue weighted by Crippen LogP contribution is 2.21. The van der Waals surface area contributed by atoms with E-state index in [0.717, 1.165) is 17.7 Å². The lowest BCUT2D eigenvalue weighted by Gasteiger charge is -2.12. The van der Waals surface area contributed by atoms with Gasteiger partial charge in [-0.3, -0.25) is 4.79 Å². The first kappa shape index (κ1) is 18.7. The fraction of sp³-hybridized carbons (Fsp3) is 0.250. The predicted octanol–water partition coefficient (Wildman–Crippen LogP) is 2.75. The van der Waals surface area contributed by atoms with Gasteiger partial charge >= 0.3 is 0 Å². The van der Waals surface area contributed by atoms with Crippen LogP contribution in [-0.4, -0.2) is 30.0 Å². The molecule has 1 aromatic carbocycles. The van der Waals surface area contributed by atoms with Gasteiger partial charge in [0.05, 0.1) is 11.3 Å². The molecular weight excluding hydrogens is 373 g/mol. The molecule has 0 saturated carbocycles. The molecule has 4 aromatic rings. The summed E-state index contributed by atoms with van der Waals surface area (Å²) in [7, 11) is 0. The van der Waals surface area contributed by atoms with Crippen LogP contribution in [0.25, 0.3) is 17.0 Å². The molecule has 148 valence electrons. The predicted molar refractivity (Wildman–Crippen MR) is 107 cm³/mol. The van der Waals surface area contributed by atoms with Crippen LogP contribution < -0.4 is 10.9 Å². The van der Waals surface area contributed by atoms with Crippen molar-refractivity contribution in [2.45, 2.75) is 33.2 Å². The van der Waals surface area contributed by atoms with Crippen LogP contribution in [0.3, 0.4) is 0 Å². The molecule has 29 heavy (non-hydrogen) atoms. The second-order valence-corrected chi connectivity index (χ2v) is 6.51. The zero-order valence-corrected chi connectivity index (χ0v) is 16.1. The lowest BCUT2D eigenvalue weighted by molar-refractivity contribution is 0.629. The number of nitrogens with zero attached hydrogens (tertiary/aromatic N) is 5. The second kappa shape index (κ2) is 7.78. The van der Waals surface area contributed by atoms with E-state index in [2.05, 4.69) is 30.8 Å². The molecule has 0 radical (unpaired) electrons. The Labute approximate surface area is 165 Å². The Morgan fingerprint density at radius 2 is 1.90 bits per heavy atom. The van der Waals surface area contributed by atoms with Gasteiger partial charge in [0.2, 0.25) is 0 Å². The number of H-pyrrole nitrogens is 1. The number of aromatic nitrogens is 6. The minimum Gasteiger partial charge on any atom is -0.364 e. The third-order valence-corrected chi connectivity index (χ3v) is 4.79. The van der Waals surface area contributed by atoms with Crippen LogP contribution in [0.2, 0.25) is 0 Å². The Kier molecular flexibility index (Phi) is 5.03. The first-order chi connectivity index (χ1) is 14.1. The zero-order valence-electron chi connectivity index (χ0n) is 16.1. The molecule has 0 unspecified atom stereocenters. The van der Waals surface area contributed by atoms with E-state index in [1.807, 2.05) is 13.8 Å². The maximum atomic E-state index is 14.2. The van der Waals surface area contributed by atoms with Crippen molar-refractivity contribution in [3.8, 4) is 11.4 Å². The maximum absolute atomic E-state index is 14.2. The number of nitrogens with one attached hydrogen (secondary N) is 2. The molecule has 0 aliphatic heterocycles. The van der Waals surface area contributed by atoms with Crippen LogP contribution in [0, 0.1) is 5.82 Å². The highest BCUT2D eigenvalue weighted by Gasteiger charge is 2.15. The first-order valence-electron chi connectivity index (χ1n) is 9.42. The summed E-state index contributed by atoms with van der Waals surface area (Å²) < 4.78 is 15.7. The van der Waals surface area contributed by atoms with Gasteiger partial charge < -0.3 is 5.32 Å². The van der Waals surface area contributed by atoms with Gasteiger partial charge in [0.25, 0.3) is 5.56 Å². The number of rotatable bonds is 6. The lowest BCUT2D eigenvalue weighted by atomic mass is 10.0. The van der Waals surface area contributed by atoms with Crippen LogP contribution >= 0.6 is 0 Å². The van der Waals surface area contributed by atoms with E-state index in [0.29, 0.717) is 41.4 Å². The Morgan fingerprint density at radius 1 is 1.07 bits per heavy atom. The molecular formula is C20H20FN7O. The molecule has 2 N–H and O–H groups in total. The number of aromatic amines is 1. The maximum Gasteiger partial charge on any atom is 0.269 e. The van der Waals surface area contributed by atoms with Crippen LogP contribution in [0.15, 0.2) is 41.2 Å². The molecule has 0 spiro atoms. The summed E-state index contributed by atoms with van der Waals surface area (Å²) in [6, 6.07) is 9.83. The van der Waals surface area contributed by atoms with Crippen molar-refractivity contribution < 1.29 is 4.39 Å². The topological polar surface area (TPSA) is 101 Å². The van der Waals surface area contributed by atoms with E-state index < -0.39 is 5.82 Å². The monoisotopic (exact) mass is 393 g/mol. The first-order valence-corrected chi connectivity index (χ1v) is 9.42. The second-order valence-electron chi connectivity index (χ2n) is 6.51. The van der Waals surface area contributed by atoms with E-state index >= 15 is 0 Å². The summed E-state index contributed by atoms with van der Waals surface area (Å²) in [6.07, 6.45) is 1.45. The fourth-order valence-corrected chi connectivity index (χ4v) is 3.33. The minimum absolute atomic E-state index is 0.219. The van der Waals surface area contributed by atoms with Gasteiger partial charge in [0, 0.05) is 12.1 Å². The molecule has 8 nitrogen and oxygen atoms in total. The van der Waals surface area contributed by atoms with Crippen LogP contribution in [0.1, 0.15) is 30.7 Å². The molecule has 3 heterocycles. The summed E-state index contributed by atoms with van der Waals surface area (Å²) in [4.78, 5) is 12.3. The molecule has 0 saturated heterocycles. The van der Waals surface area contributed by atoms with Crippen molar-refractivity contribution in [2.24, 2.45) is 0 Å². The number of halogens is 1. The largest absolute Gasteiger partial charge is 0.364 e. The van der Waals surface area contributed by atoms with E-state index in [9.17, 15) is 9.18 Å². The average Bonchev–Trinajstić information content (AvgIpc) is 3.16. The van der Waals surface area contributed by atoms with Crippen molar-refractivity contribution in [3.63, 3.8) is 0 Å². The minimum atomic E-state index is -0.398. The Hall–Kier alpha value is -3.62. The summed E-state index contributed by atoms with van der Waals surface area (Å²) in [6.45, 7) is 4.30. The summed E-state index contributed by atoms with van der Waals surface area (Å²) >= 11 is 0. The summed E-state index contributed by atoms with van der Waals surface area (Å²) in [5, 5.41) is 22.5. The van der Waals surface area contributed by atoms with Gasteiger partial charge in [-0.25, -0.2) is 9.49 Å². The molecule has 0 amide bonds. The van der Waals surface area contributed by atoms with Crippen molar-refractivity contribution >= 4 is 11.5 Å². The molecule has 3 aromatic heterocycles. The van der Waals surface area contributed by atoms with Crippen LogP contribution in [0.5, 0.6) is 0 Å². The van der Waals surface area contributed by atoms with E-state index in [4.69, 9.17) is 0 Å². The number of aryl methyl sites for hydroxylation is 1. The lowest BCUT2D eigenvalue weighted by Crippen LogP contribution is -2.22. The van der Waals surface area contributed by atoms with Crippen molar-refractivity contribution in [1.29, 1.82) is 0 Å². The quantitative estimate of drug-likeness (QED) is 0.522. The molecule has 0 aliphatic carbocycles. The SMILES string of the molecule is CCc1n[nH]c(=O)c(CNc2ccc3nnc(-c4ccccc4F)n3n2)c1CC. The molecule has 0 aliphatic rings. The molecule has 4 rings (SSSR count). The number of benzene rings is 1. The fourth-order valence-electron chi connectivity index (χ4n) is 3.33. The molecule has 0 bridgehead atoms. The number of hydrogen-bond acceptors (Lipinski definition) is 6.